The molecule has 1 heterocycles. The van der Waals surface area contributed by atoms with Crippen molar-refractivity contribution in [1.29, 1.82) is 0 Å². The lowest BCUT2D eigenvalue weighted by Gasteiger charge is -2.36. The van der Waals surface area contributed by atoms with Gasteiger partial charge in [-0.3, -0.25) is 4.79 Å². The van der Waals surface area contributed by atoms with Crippen LogP contribution in [0.4, 0.5) is 5.69 Å². The van der Waals surface area contributed by atoms with Crippen LogP contribution >= 0.6 is 0 Å². The molecule has 0 fully saturated rings. The van der Waals surface area contributed by atoms with Gasteiger partial charge in [-0.2, -0.15) is 0 Å². The lowest BCUT2D eigenvalue weighted by molar-refractivity contribution is -0.120. The molecule has 0 bridgehead atoms. The Balaban J connectivity index is 1.66. The number of hydrogen-bond donors (Lipinski definition) is 0. The number of methoxy groups -OCH3 is 1. The fourth-order valence-electron chi connectivity index (χ4n) is 3.22. The zero-order chi connectivity index (χ0) is 15.1. The Hall–Kier alpha value is -2.49. The van der Waals surface area contributed by atoms with E-state index in [2.05, 4.69) is 6.07 Å². The van der Waals surface area contributed by atoms with Crippen LogP contribution in [0.2, 0.25) is 0 Å². The van der Waals surface area contributed by atoms with Gasteiger partial charge in [-0.25, -0.2) is 0 Å². The molecule has 112 valence electrons. The largest absolute Gasteiger partial charge is 0.497 e. The van der Waals surface area contributed by atoms with Gasteiger partial charge >= 0.3 is 0 Å². The number of carbonyl (C=O) groups excluding carboxylic acids is 1. The van der Waals surface area contributed by atoms with E-state index in [0.717, 1.165) is 29.2 Å². The summed E-state index contributed by atoms with van der Waals surface area (Å²) in [6.07, 6.45) is 0.825. The summed E-state index contributed by atoms with van der Waals surface area (Å²) < 4.78 is 10.9. The van der Waals surface area contributed by atoms with Crippen molar-refractivity contribution in [2.24, 2.45) is 0 Å². The number of anilines is 1. The molecule has 4 heteroatoms. The Morgan fingerprint density at radius 3 is 2.95 bits per heavy atom. The average molecular weight is 295 g/mol. The van der Waals surface area contributed by atoms with E-state index in [9.17, 15) is 4.79 Å². The van der Waals surface area contributed by atoms with Gasteiger partial charge in [-0.1, -0.05) is 24.3 Å². The molecule has 1 amide bonds. The third kappa shape index (κ3) is 1.95. The number of carbonyl (C=O) groups is 1. The molecule has 1 aliphatic carbocycles. The van der Waals surface area contributed by atoms with E-state index < -0.39 is 0 Å². The maximum atomic E-state index is 12.9. The molecule has 1 unspecified atom stereocenters. The fraction of sp³-hybridized carbons (Fsp3) is 0.278. The SMILES string of the molecule is COc1ccc2c(c1)N(C(=O)C1Cc3ccccc31)CCO2. The van der Waals surface area contributed by atoms with Crippen molar-refractivity contribution in [3.8, 4) is 11.5 Å². The highest BCUT2D eigenvalue weighted by Crippen LogP contribution is 2.40. The minimum absolute atomic E-state index is 0.0339. The van der Waals surface area contributed by atoms with Crippen LogP contribution in [-0.2, 0) is 11.2 Å². The van der Waals surface area contributed by atoms with Gasteiger partial charge in [0.1, 0.15) is 18.1 Å². The monoisotopic (exact) mass is 295 g/mol. The van der Waals surface area contributed by atoms with Crippen molar-refractivity contribution < 1.29 is 14.3 Å². The van der Waals surface area contributed by atoms with Gasteiger partial charge in [0.05, 0.1) is 25.3 Å². The summed E-state index contributed by atoms with van der Waals surface area (Å²) >= 11 is 0. The normalized spacial score (nSPS) is 18.6. The smallest absolute Gasteiger partial charge is 0.235 e. The molecule has 1 atom stereocenters. The molecule has 0 N–H and O–H groups in total. The van der Waals surface area contributed by atoms with Gasteiger partial charge in [0, 0.05) is 6.07 Å². The third-order valence-corrected chi connectivity index (χ3v) is 4.45. The highest BCUT2D eigenvalue weighted by molar-refractivity contribution is 6.01. The number of fused-ring (bicyclic) bond motifs is 2. The predicted octanol–water partition coefficient (Wildman–Crippen LogP) is 2.76. The minimum atomic E-state index is -0.0339. The molecule has 0 aromatic heterocycles. The average Bonchev–Trinajstić information content (AvgIpc) is 2.54. The summed E-state index contributed by atoms with van der Waals surface area (Å²) in [5.41, 5.74) is 3.24. The molecule has 4 rings (SSSR count). The van der Waals surface area contributed by atoms with Gasteiger partial charge in [0.15, 0.2) is 0 Å². The highest BCUT2D eigenvalue weighted by Gasteiger charge is 2.37. The van der Waals surface area contributed by atoms with Crippen LogP contribution in [0.25, 0.3) is 0 Å². The van der Waals surface area contributed by atoms with Crippen LogP contribution in [0.15, 0.2) is 42.5 Å². The third-order valence-electron chi connectivity index (χ3n) is 4.45. The molecule has 0 radical (unpaired) electrons. The zero-order valence-electron chi connectivity index (χ0n) is 12.4. The molecule has 0 spiro atoms. The second-order valence-corrected chi connectivity index (χ2v) is 5.63. The van der Waals surface area contributed by atoms with Crippen LogP contribution in [0.3, 0.4) is 0 Å². The maximum absolute atomic E-state index is 12.9. The first-order chi connectivity index (χ1) is 10.8. The fourth-order valence-corrected chi connectivity index (χ4v) is 3.22. The first-order valence-corrected chi connectivity index (χ1v) is 7.48. The highest BCUT2D eigenvalue weighted by atomic mass is 16.5. The molecule has 2 aromatic carbocycles. The Kier molecular flexibility index (Phi) is 3.03. The van der Waals surface area contributed by atoms with Crippen molar-refractivity contribution in [1.82, 2.24) is 0 Å². The Labute approximate surface area is 129 Å². The molecule has 4 nitrogen and oxygen atoms in total. The summed E-state index contributed by atoms with van der Waals surface area (Å²) in [5.74, 6) is 1.59. The molecule has 0 saturated heterocycles. The van der Waals surface area contributed by atoms with E-state index in [1.54, 1.807) is 7.11 Å². The summed E-state index contributed by atoms with van der Waals surface area (Å²) in [6.45, 7) is 1.11. The van der Waals surface area contributed by atoms with Crippen molar-refractivity contribution >= 4 is 11.6 Å². The first-order valence-electron chi connectivity index (χ1n) is 7.48. The number of rotatable bonds is 2. The molecular formula is C18H17NO3. The van der Waals surface area contributed by atoms with Crippen LogP contribution < -0.4 is 14.4 Å². The van der Waals surface area contributed by atoms with Gasteiger partial charge in [0.2, 0.25) is 5.91 Å². The van der Waals surface area contributed by atoms with Crippen LogP contribution in [-0.4, -0.2) is 26.2 Å². The second kappa shape index (κ2) is 5.05. The second-order valence-electron chi connectivity index (χ2n) is 5.63. The number of nitrogens with zero attached hydrogens (tertiary/aromatic N) is 1. The number of amides is 1. The molecule has 1 aliphatic heterocycles. The molecule has 22 heavy (non-hydrogen) atoms. The van der Waals surface area contributed by atoms with Gasteiger partial charge in [-0.15, -0.1) is 0 Å². The van der Waals surface area contributed by atoms with Crippen LogP contribution in [0, 0.1) is 0 Å². The van der Waals surface area contributed by atoms with Gasteiger partial charge < -0.3 is 14.4 Å². The Bertz CT molecular complexity index is 741. The predicted molar refractivity (Wildman–Crippen MR) is 83.7 cm³/mol. The summed E-state index contributed by atoms with van der Waals surface area (Å²) in [5, 5.41) is 0. The lowest BCUT2D eigenvalue weighted by Crippen LogP contribution is -2.43. The van der Waals surface area contributed by atoms with E-state index in [1.165, 1.54) is 5.56 Å². The van der Waals surface area contributed by atoms with E-state index in [0.29, 0.717) is 13.2 Å². The van der Waals surface area contributed by atoms with Crippen molar-refractivity contribution in [2.75, 3.05) is 25.2 Å². The molecular weight excluding hydrogens is 278 g/mol. The quantitative estimate of drug-likeness (QED) is 0.855. The summed E-state index contributed by atoms with van der Waals surface area (Å²) in [7, 11) is 1.62. The minimum Gasteiger partial charge on any atom is -0.497 e. The van der Waals surface area contributed by atoms with E-state index in [-0.39, 0.29) is 11.8 Å². The van der Waals surface area contributed by atoms with Crippen molar-refractivity contribution in [3.05, 3.63) is 53.6 Å². The van der Waals surface area contributed by atoms with Gasteiger partial charge in [0.25, 0.3) is 0 Å². The van der Waals surface area contributed by atoms with E-state index in [1.807, 2.05) is 41.3 Å². The van der Waals surface area contributed by atoms with Crippen LogP contribution in [0.5, 0.6) is 11.5 Å². The number of benzene rings is 2. The Morgan fingerprint density at radius 2 is 2.14 bits per heavy atom. The van der Waals surface area contributed by atoms with Gasteiger partial charge in [-0.05, 0) is 29.7 Å². The zero-order valence-corrected chi connectivity index (χ0v) is 12.4. The number of hydrogen-bond acceptors (Lipinski definition) is 3. The topological polar surface area (TPSA) is 38.8 Å². The Morgan fingerprint density at radius 1 is 1.27 bits per heavy atom. The maximum Gasteiger partial charge on any atom is 0.235 e. The number of ether oxygens (including phenoxy) is 2. The lowest BCUT2D eigenvalue weighted by atomic mass is 9.76. The van der Waals surface area contributed by atoms with Crippen LogP contribution in [0.1, 0.15) is 17.0 Å². The van der Waals surface area contributed by atoms with Crippen molar-refractivity contribution in [2.45, 2.75) is 12.3 Å². The summed E-state index contributed by atoms with van der Waals surface area (Å²) in [4.78, 5) is 14.8. The molecule has 2 aromatic rings. The van der Waals surface area contributed by atoms with E-state index >= 15 is 0 Å². The molecule has 2 aliphatic rings. The summed E-state index contributed by atoms with van der Waals surface area (Å²) in [6, 6.07) is 13.7. The van der Waals surface area contributed by atoms with E-state index in [4.69, 9.17) is 9.47 Å². The van der Waals surface area contributed by atoms with Crippen molar-refractivity contribution in [3.63, 3.8) is 0 Å². The standard InChI is InChI=1S/C18H17NO3/c1-21-13-6-7-17-16(11-13)19(8-9-22-17)18(20)15-10-12-4-2-3-5-14(12)15/h2-7,11,15H,8-10H2,1H3. The first kappa shape index (κ1) is 13.2. The molecule has 0 saturated carbocycles.